The molecule has 2 rings (SSSR count). The minimum atomic E-state index is 0.139. The van der Waals surface area contributed by atoms with Crippen LogP contribution in [0.15, 0.2) is 24.3 Å². The van der Waals surface area contributed by atoms with Crippen molar-refractivity contribution in [1.29, 1.82) is 0 Å². The third-order valence-electron chi connectivity index (χ3n) is 3.48. The summed E-state index contributed by atoms with van der Waals surface area (Å²) < 4.78 is 5.49. The summed E-state index contributed by atoms with van der Waals surface area (Å²) in [6.45, 7) is 0.632. The number of halogens is 1. The predicted octanol–water partition coefficient (Wildman–Crippen LogP) is 4.30. The fourth-order valence-corrected chi connectivity index (χ4v) is 2.63. The fraction of sp³-hybridized carbons (Fsp3) is 0.500. The van der Waals surface area contributed by atoms with E-state index >= 15 is 0 Å². The van der Waals surface area contributed by atoms with Crippen LogP contribution in [-0.2, 0) is 0 Å². The molecule has 3 heteroatoms. The van der Waals surface area contributed by atoms with Crippen LogP contribution in [0.5, 0.6) is 5.75 Å². The van der Waals surface area contributed by atoms with Crippen molar-refractivity contribution in [2.45, 2.75) is 32.1 Å². The molecule has 2 nitrogen and oxygen atoms in total. The monoisotopic (exact) mass is 280 g/mol. The SMILES string of the molecule is OCCCOc1ccc(/C=C/C2CCCC2)cc1Cl. The van der Waals surface area contributed by atoms with Crippen molar-refractivity contribution in [3.63, 3.8) is 0 Å². The zero-order chi connectivity index (χ0) is 13.5. The molecule has 1 saturated carbocycles. The van der Waals surface area contributed by atoms with Crippen LogP contribution in [0.25, 0.3) is 6.08 Å². The van der Waals surface area contributed by atoms with Crippen molar-refractivity contribution in [3.8, 4) is 5.75 Å². The van der Waals surface area contributed by atoms with Crippen LogP contribution in [0.2, 0.25) is 5.02 Å². The fourth-order valence-electron chi connectivity index (χ4n) is 2.38. The number of aliphatic hydroxyl groups is 1. The molecule has 1 aromatic rings. The molecule has 19 heavy (non-hydrogen) atoms. The lowest BCUT2D eigenvalue weighted by Gasteiger charge is -2.08. The molecule has 0 aliphatic heterocycles. The number of hydrogen-bond donors (Lipinski definition) is 1. The average molecular weight is 281 g/mol. The molecule has 0 radical (unpaired) electrons. The summed E-state index contributed by atoms with van der Waals surface area (Å²) in [7, 11) is 0. The van der Waals surface area contributed by atoms with E-state index in [0.29, 0.717) is 23.8 Å². The summed E-state index contributed by atoms with van der Waals surface area (Å²) in [5, 5.41) is 9.34. The number of allylic oxidation sites excluding steroid dienone is 1. The molecule has 0 amide bonds. The highest BCUT2D eigenvalue weighted by molar-refractivity contribution is 6.32. The summed E-state index contributed by atoms with van der Waals surface area (Å²) in [6.07, 6.45) is 10.4. The van der Waals surface area contributed by atoms with Gasteiger partial charge in [0, 0.05) is 13.0 Å². The zero-order valence-corrected chi connectivity index (χ0v) is 11.9. The van der Waals surface area contributed by atoms with E-state index in [-0.39, 0.29) is 6.61 Å². The van der Waals surface area contributed by atoms with E-state index in [1.54, 1.807) is 0 Å². The highest BCUT2D eigenvalue weighted by Gasteiger charge is 2.11. The number of hydrogen-bond acceptors (Lipinski definition) is 2. The Morgan fingerprint density at radius 1 is 1.32 bits per heavy atom. The van der Waals surface area contributed by atoms with E-state index in [1.807, 2.05) is 18.2 Å². The van der Waals surface area contributed by atoms with Gasteiger partial charge in [-0.25, -0.2) is 0 Å². The Morgan fingerprint density at radius 3 is 2.79 bits per heavy atom. The third kappa shape index (κ3) is 4.55. The Hall–Kier alpha value is -0.990. The first-order chi connectivity index (χ1) is 9.29. The van der Waals surface area contributed by atoms with Crippen LogP contribution < -0.4 is 4.74 Å². The van der Waals surface area contributed by atoms with Crippen LogP contribution in [0.4, 0.5) is 0 Å². The van der Waals surface area contributed by atoms with Crippen LogP contribution >= 0.6 is 11.6 Å². The predicted molar refractivity (Wildman–Crippen MR) is 79.6 cm³/mol. The van der Waals surface area contributed by atoms with Crippen LogP contribution in [0.3, 0.4) is 0 Å². The Labute approximate surface area is 120 Å². The molecule has 0 heterocycles. The quantitative estimate of drug-likeness (QED) is 0.787. The summed E-state index contributed by atoms with van der Waals surface area (Å²) >= 11 is 6.18. The summed E-state index contributed by atoms with van der Waals surface area (Å²) in [5.74, 6) is 1.42. The van der Waals surface area contributed by atoms with Gasteiger partial charge in [-0.2, -0.15) is 0 Å². The second-order valence-electron chi connectivity index (χ2n) is 5.02. The highest BCUT2D eigenvalue weighted by Crippen LogP contribution is 2.29. The van der Waals surface area contributed by atoms with Gasteiger partial charge in [0.15, 0.2) is 0 Å². The molecular weight excluding hydrogens is 260 g/mol. The minimum absolute atomic E-state index is 0.139. The Bertz CT molecular complexity index is 423. The number of ether oxygens (including phenoxy) is 1. The van der Waals surface area contributed by atoms with E-state index in [4.69, 9.17) is 21.4 Å². The summed E-state index contributed by atoms with van der Waals surface area (Å²) in [5.41, 5.74) is 1.12. The lowest BCUT2D eigenvalue weighted by atomic mass is 10.1. The molecule has 0 aromatic heterocycles. The maximum absolute atomic E-state index is 8.71. The standard InChI is InChI=1S/C16H21ClO2/c17-15-12-14(7-6-13-4-1-2-5-13)8-9-16(15)19-11-3-10-18/h6-9,12-13,18H,1-5,10-11H2/b7-6+. The van der Waals surface area contributed by atoms with Crippen LogP contribution in [0, 0.1) is 5.92 Å². The minimum Gasteiger partial charge on any atom is -0.492 e. The Morgan fingerprint density at radius 2 is 2.11 bits per heavy atom. The van der Waals surface area contributed by atoms with Gasteiger partial charge < -0.3 is 9.84 Å². The highest BCUT2D eigenvalue weighted by atomic mass is 35.5. The summed E-state index contributed by atoms with van der Waals surface area (Å²) in [6, 6.07) is 5.85. The molecule has 0 unspecified atom stereocenters. The molecule has 0 atom stereocenters. The molecule has 0 saturated heterocycles. The van der Waals surface area contributed by atoms with Gasteiger partial charge in [-0.1, -0.05) is 42.7 Å². The van der Waals surface area contributed by atoms with Crippen molar-refractivity contribution in [2.24, 2.45) is 5.92 Å². The summed E-state index contributed by atoms with van der Waals surface area (Å²) in [4.78, 5) is 0. The average Bonchev–Trinajstić information content (AvgIpc) is 2.92. The van der Waals surface area contributed by atoms with E-state index in [2.05, 4.69) is 12.2 Å². The van der Waals surface area contributed by atoms with Crippen molar-refractivity contribution in [1.82, 2.24) is 0 Å². The van der Waals surface area contributed by atoms with E-state index in [9.17, 15) is 0 Å². The number of benzene rings is 1. The third-order valence-corrected chi connectivity index (χ3v) is 3.77. The van der Waals surface area contributed by atoms with Gasteiger partial charge in [-0.3, -0.25) is 0 Å². The maximum atomic E-state index is 8.71. The van der Waals surface area contributed by atoms with Gasteiger partial charge in [-0.05, 0) is 36.5 Å². The second kappa shape index (κ2) is 7.56. The van der Waals surface area contributed by atoms with E-state index in [1.165, 1.54) is 25.7 Å². The van der Waals surface area contributed by atoms with E-state index in [0.717, 1.165) is 11.5 Å². The van der Waals surface area contributed by atoms with Crippen LogP contribution in [-0.4, -0.2) is 18.3 Å². The van der Waals surface area contributed by atoms with Gasteiger partial charge >= 0.3 is 0 Å². The first kappa shape index (κ1) is 14.4. The molecule has 1 aliphatic rings. The van der Waals surface area contributed by atoms with Crippen molar-refractivity contribution >= 4 is 17.7 Å². The molecule has 1 N–H and O–H groups in total. The second-order valence-corrected chi connectivity index (χ2v) is 5.43. The lowest BCUT2D eigenvalue weighted by molar-refractivity contribution is 0.233. The van der Waals surface area contributed by atoms with Crippen molar-refractivity contribution in [2.75, 3.05) is 13.2 Å². The molecule has 0 spiro atoms. The normalized spacial score (nSPS) is 16.3. The number of aliphatic hydroxyl groups excluding tert-OH is 1. The molecule has 1 aliphatic carbocycles. The first-order valence-corrected chi connectivity index (χ1v) is 7.39. The van der Waals surface area contributed by atoms with Gasteiger partial charge in [0.05, 0.1) is 11.6 Å². The topological polar surface area (TPSA) is 29.5 Å². The number of rotatable bonds is 6. The lowest BCUT2D eigenvalue weighted by Crippen LogP contribution is -2.00. The molecule has 104 valence electrons. The van der Waals surface area contributed by atoms with Gasteiger partial charge in [-0.15, -0.1) is 0 Å². The van der Waals surface area contributed by atoms with Crippen LogP contribution in [0.1, 0.15) is 37.7 Å². The Balaban J connectivity index is 1.93. The smallest absolute Gasteiger partial charge is 0.137 e. The Kier molecular flexibility index (Phi) is 5.74. The maximum Gasteiger partial charge on any atom is 0.137 e. The molecule has 1 fully saturated rings. The molecular formula is C16H21ClO2. The first-order valence-electron chi connectivity index (χ1n) is 7.01. The van der Waals surface area contributed by atoms with Gasteiger partial charge in [0.1, 0.15) is 5.75 Å². The largest absolute Gasteiger partial charge is 0.492 e. The van der Waals surface area contributed by atoms with Crippen molar-refractivity contribution in [3.05, 3.63) is 34.9 Å². The van der Waals surface area contributed by atoms with Gasteiger partial charge in [0.2, 0.25) is 0 Å². The molecule has 0 bridgehead atoms. The molecule has 1 aromatic carbocycles. The van der Waals surface area contributed by atoms with Gasteiger partial charge in [0.25, 0.3) is 0 Å². The van der Waals surface area contributed by atoms with E-state index < -0.39 is 0 Å². The zero-order valence-electron chi connectivity index (χ0n) is 11.1. The van der Waals surface area contributed by atoms with Crippen molar-refractivity contribution < 1.29 is 9.84 Å².